The highest BCUT2D eigenvalue weighted by molar-refractivity contribution is 5.99. The van der Waals surface area contributed by atoms with E-state index < -0.39 is 0 Å². The fourth-order valence-corrected chi connectivity index (χ4v) is 4.24. The maximum atomic E-state index is 4.69. The van der Waals surface area contributed by atoms with Gasteiger partial charge in [0, 0.05) is 59.8 Å². The lowest BCUT2D eigenvalue weighted by atomic mass is 10.1. The molecule has 0 saturated carbocycles. The standard InChI is InChI=1S/C22H20N8/c1-2-6-30(7-3-1)22-16-9-19(27-18(16)4-5-25-22)20-17-8-14(12-26-21(17)29-28-20)15-10-23-13-24-11-15/h4-5,8-13,27H,1-3,6-7H2,(H,26,28,29). The predicted octanol–water partition coefficient (Wildman–Crippen LogP) is 3.95. The smallest absolute Gasteiger partial charge is 0.155 e. The van der Waals surface area contributed by atoms with Crippen molar-refractivity contribution in [1.29, 1.82) is 0 Å². The lowest BCUT2D eigenvalue weighted by Gasteiger charge is -2.28. The number of nitrogens with zero attached hydrogens (tertiary/aromatic N) is 6. The minimum atomic E-state index is 0.749. The lowest BCUT2D eigenvalue weighted by Crippen LogP contribution is -2.30. The molecule has 6 heterocycles. The Morgan fingerprint density at radius 2 is 1.73 bits per heavy atom. The van der Waals surface area contributed by atoms with Gasteiger partial charge in [0.15, 0.2) is 5.65 Å². The normalized spacial score (nSPS) is 14.6. The second-order valence-electron chi connectivity index (χ2n) is 7.65. The van der Waals surface area contributed by atoms with E-state index in [1.807, 2.05) is 18.5 Å². The molecular weight excluding hydrogens is 376 g/mol. The summed E-state index contributed by atoms with van der Waals surface area (Å²) >= 11 is 0. The highest BCUT2D eigenvalue weighted by Gasteiger charge is 2.18. The van der Waals surface area contributed by atoms with Gasteiger partial charge in [-0.3, -0.25) is 5.10 Å². The largest absolute Gasteiger partial charge is 0.356 e. The van der Waals surface area contributed by atoms with Crippen molar-refractivity contribution in [3.05, 3.63) is 49.3 Å². The van der Waals surface area contributed by atoms with Crippen molar-refractivity contribution in [1.82, 2.24) is 35.1 Å². The highest BCUT2D eigenvalue weighted by Crippen LogP contribution is 2.33. The van der Waals surface area contributed by atoms with Crippen molar-refractivity contribution in [2.24, 2.45) is 0 Å². The number of pyridine rings is 2. The Kier molecular flexibility index (Phi) is 3.93. The fourth-order valence-electron chi connectivity index (χ4n) is 4.24. The van der Waals surface area contributed by atoms with Crippen molar-refractivity contribution in [2.75, 3.05) is 18.0 Å². The summed E-state index contributed by atoms with van der Waals surface area (Å²) in [5.41, 5.74) is 5.49. The second kappa shape index (κ2) is 6.91. The molecule has 0 bridgehead atoms. The summed E-state index contributed by atoms with van der Waals surface area (Å²) in [6.07, 6.45) is 12.5. The van der Waals surface area contributed by atoms with E-state index in [1.54, 1.807) is 12.4 Å². The van der Waals surface area contributed by atoms with Gasteiger partial charge in [-0.2, -0.15) is 5.10 Å². The van der Waals surface area contributed by atoms with Gasteiger partial charge in [0.1, 0.15) is 17.8 Å². The first-order valence-corrected chi connectivity index (χ1v) is 10.2. The summed E-state index contributed by atoms with van der Waals surface area (Å²) in [5, 5.41) is 9.69. The van der Waals surface area contributed by atoms with Gasteiger partial charge in [-0.15, -0.1) is 0 Å². The van der Waals surface area contributed by atoms with E-state index in [0.29, 0.717) is 0 Å². The Hall–Kier alpha value is -3.81. The SMILES string of the molecule is c1ncc(-c2cnc3[nH]nc(-c4cc5c(N6CCCCC6)nccc5[nH]4)c3c2)cn1. The first-order chi connectivity index (χ1) is 14.9. The molecule has 8 nitrogen and oxygen atoms in total. The van der Waals surface area contributed by atoms with Crippen LogP contribution in [0.1, 0.15) is 19.3 Å². The number of nitrogens with one attached hydrogen (secondary N) is 2. The van der Waals surface area contributed by atoms with Crippen LogP contribution in [0.5, 0.6) is 0 Å². The number of hydrogen-bond acceptors (Lipinski definition) is 6. The molecule has 0 aliphatic carbocycles. The quantitative estimate of drug-likeness (QED) is 0.479. The molecule has 1 aliphatic heterocycles. The first-order valence-electron chi connectivity index (χ1n) is 10.2. The van der Waals surface area contributed by atoms with Crippen LogP contribution < -0.4 is 4.90 Å². The molecule has 0 radical (unpaired) electrons. The minimum absolute atomic E-state index is 0.749. The molecule has 30 heavy (non-hydrogen) atoms. The monoisotopic (exact) mass is 396 g/mol. The van der Waals surface area contributed by atoms with Crippen LogP contribution in [0.4, 0.5) is 5.82 Å². The zero-order valence-corrected chi connectivity index (χ0v) is 16.3. The van der Waals surface area contributed by atoms with Crippen molar-refractivity contribution in [3.8, 4) is 22.5 Å². The second-order valence-corrected chi connectivity index (χ2v) is 7.65. The Bertz CT molecular complexity index is 1330. The van der Waals surface area contributed by atoms with Gasteiger partial charge in [-0.05, 0) is 37.5 Å². The number of anilines is 1. The Labute approximate surface area is 172 Å². The van der Waals surface area contributed by atoms with Crippen LogP contribution in [0.2, 0.25) is 0 Å². The minimum Gasteiger partial charge on any atom is -0.356 e. The number of hydrogen-bond donors (Lipinski definition) is 2. The van der Waals surface area contributed by atoms with Crippen LogP contribution in [0.3, 0.4) is 0 Å². The highest BCUT2D eigenvalue weighted by atomic mass is 15.2. The molecule has 2 N–H and O–H groups in total. The van der Waals surface area contributed by atoms with Crippen LogP contribution in [-0.4, -0.2) is 48.2 Å². The number of piperidine rings is 1. The van der Waals surface area contributed by atoms with Crippen molar-refractivity contribution < 1.29 is 0 Å². The number of H-pyrrole nitrogens is 2. The van der Waals surface area contributed by atoms with Crippen molar-refractivity contribution >= 4 is 27.8 Å². The summed E-state index contributed by atoms with van der Waals surface area (Å²) in [6.45, 7) is 2.12. The van der Waals surface area contributed by atoms with Gasteiger partial charge in [-0.25, -0.2) is 19.9 Å². The summed E-state index contributed by atoms with van der Waals surface area (Å²) in [4.78, 5) is 23.4. The molecule has 8 heteroatoms. The van der Waals surface area contributed by atoms with Gasteiger partial charge in [0.25, 0.3) is 0 Å². The summed E-state index contributed by atoms with van der Waals surface area (Å²) in [7, 11) is 0. The molecule has 0 spiro atoms. The topological polar surface area (TPSA) is 99.3 Å². The van der Waals surface area contributed by atoms with Gasteiger partial charge in [0.05, 0.1) is 11.2 Å². The lowest BCUT2D eigenvalue weighted by molar-refractivity contribution is 0.575. The summed E-state index contributed by atoms with van der Waals surface area (Å²) < 4.78 is 0. The molecule has 6 rings (SSSR count). The third kappa shape index (κ3) is 2.80. The number of fused-ring (bicyclic) bond motifs is 2. The van der Waals surface area contributed by atoms with Gasteiger partial charge in [0.2, 0.25) is 0 Å². The van der Waals surface area contributed by atoms with Gasteiger partial charge >= 0.3 is 0 Å². The van der Waals surface area contributed by atoms with E-state index in [9.17, 15) is 0 Å². The molecule has 0 unspecified atom stereocenters. The third-order valence-electron chi connectivity index (χ3n) is 5.75. The van der Waals surface area contributed by atoms with Crippen molar-refractivity contribution in [2.45, 2.75) is 19.3 Å². The number of rotatable bonds is 3. The molecule has 0 aromatic carbocycles. The average molecular weight is 396 g/mol. The van der Waals surface area contributed by atoms with Crippen molar-refractivity contribution in [3.63, 3.8) is 0 Å². The molecule has 0 atom stereocenters. The van der Waals surface area contributed by atoms with Crippen LogP contribution in [0.15, 0.2) is 49.3 Å². The number of aromatic amines is 2. The van der Waals surface area contributed by atoms with E-state index in [0.717, 1.165) is 63.4 Å². The Morgan fingerprint density at radius 3 is 2.60 bits per heavy atom. The number of aromatic nitrogens is 7. The molecule has 1 fully saturated rings. The third-order valence-corrected chi connectivity index (χ3v) is 5.75. The van der Waals surface area contributed by atoms with E-state index >= 15 is 0 Å². The van der Waals surface area contributed by atoms with Gasteiger partial charge in [-0.1, -0.05) is 0 Å². The summed E-state index contributed by atoms with van der Waals surface area (Å²) in [6, 6.07) is 6.25. The van der Waals surface area contributed by atoms with Gasteiger partial charge < -0.3 is 9.88 Å². The molecule has 0 amide bonds. The Morgan fingerprint density at radius 1 is 0.867 bits per heavy atom. The fraction of sp³-hybridized carbons (Fsp3) is 0.227. The van der Waals surface area contributed by atoms with E-state index in [2.05, 4.69) is 47.2 Å². The van der Waals surface area contributed by atoms with Crippen LogP contribution in [-0.2, 0) is 0 Å². The van der Waals surface area contributed by atoms with E-state index in [1.165, 1.54) is 25.6 Å². The van der Waals surface area contributed by atoms with Crippen LogP contribution in [0, 0.1) is 0 Å². The Balaban J connectivity index is 1.47. The molecule has 5 aromatic heterocycles. The molecule has 148 valence electrons. The summed E-state index contributed by atoms with van der Waals surface area (Å²) in [5.74, 6) is 1.05. The zero-order chi connectivity index (χ0) is 19.9. The maximum absolute atomic E-state index is 4.69. The van der Waals surface area contributed by atoms with E-state index in [-0.39, 0.29) is 0 Å². The van der Waals surface area contributed by atoms with E-state index in [4.69, 9.17) is 4.98 Å². The maximum Gasteiger partial charge on any atom is 0.155 e. The molecular formula is C22H20N8. The predicted molar refractivity (Wildman–Crippen MR) is 116 cm³/mol. The molecule has 1 saturated heterocycles. The molecule has 5 aromatic rings. The average Bonchev–Trinajstić information content (AvgIpc) is 3.43. The van der Waals surface area contributed by atoms with Crippen LogP contribution >= 0.6 is 0 Å². The zero-order valence-electron chi connectivity index (χ0n) is 16.3. The van der Waals surface area contributed by atoms with Crippen LogP contribution in [0.25, 0.3) is 44.5 Å². The first kappa shape index (κ1) is 17.1. The molecule has 1 aliphatic rings.